The van der Waals surface area contributed by atoms with Gasteiger partial charge in [-0.3, -0.25) is 0 Å². The largest absolute Gasteiger partial charge is 0.361 e. The molecule has 6 rings (SSSR count). The van der Waals surface area contributed by atoms with E-state index in [-0.39, 0.29) is 0 Å². The van der Waals surface area contributed by atoms with Crippen molar-refractivity contribution in [2.75, 3.05) is 18.9 Å². The first-order valence-corrected chi connectivity index (χ1v) is 12.7. The molecule has 1 unspecified atom stereocenters. The number of thioether (sulfide) groups is 1. The lowest BCUT2D eigenvalue weighted by atomic mass is 10.1. The van der Waals surface area contributed by atoms with Crippen LogP contribution in [0.2, 0.25) is 0 Å². The third kappa shape index (κ3) is 3.67. The zero-order valence-electron chi connectivity index (χ0n) is 17.9. The lowest BCUT2D eigenvalue weighted by molar-refractivity contribution is 0.402. The van der Waals surface area contributed by atoms with Gasteiger partial charge in [0.2, 0.25) is 0 Å². The van der Waals surface area contributed by atoms with Gasteiger partial charge in [-0.05, 0) is 53.8 Å². The maximum atomic E-state index is 5.03. The highest BCUT2D eigenvalue weighted by atomic mass is 32.2. The molecule has 6 heteroatoms. The number of hydrogen-bond donors (Lipinski definition) is 1. The monoisotopic (exact) mass is 456 g/mol. The van der Waals surface area contributed by atoms with E-state index in [1.54, 1.807) is 11.3 Å². The van der Waals surface area contributed by atoms with Gasteiger partial charge in [0.25, 0.3) is 0 Å². The SMILES string of the molecule is CN1C(=Nc2cccc(CCNc3nc4ccccc4s3)c2)SC2Cc3ccccc3[C@@H]21. The fourth-order valence-electron chi connectivity index (χ4n) is 4.70. The molecule has 1 fully saturated rings. The van der Waals surface area contributed by atoms with E-state index in [9.17, 15) is 0 Å². The van der Waals surface area contributed by atoms with Crippen LogP contribution in [0.5, 0.6) is 0 Å². The second-order valence-electron chi connectivity index (χ2n) is 8.34. The highest BCUT2D eigenvalue weighted by Crippen LogP contribution is 2.48. The molecule has 4 aromatic rings. The Morgan fingerprint density at radius 1 is 1.06 bits per heavy atom. The highest BCUT2D eigenvalue weighted by Gasteiger charge is 2.43. The number of hydrogen-bond acceptors (Lipinski definition) is 5. The first-order chi connectivity index (χ1) is 15.7. The fourth-order valence-corrected chi connectivity index (χ4v) is 7.02. The summed E-state index contributed by atoms with van der Waals surface area (Å²) in [4.78, 5) is 12.0. The first kappa shape index (κ1) is 19.8. The molecule has 0 spiro atoms. The van der Waals surface area contributed by atoms with Gasteiger partial charge < -0.3 is 10.2 Å². The van der Waals surface area contributed by atoms with Crippen LogP contribution in [0.15, 0.2) is 77.8 Å². The van der Waals surface area contributed by atoms with Crippen LogP contribution >= 0.6 is 23.1 Å². The minimum atomic E-state index is 0.441. The lowest BCUT2D eigenvalue weighted by Gasteiger charge is -2.21. The van der Waals surface area contributed by atoms with E-state index in [2.05, 4.69) is 89.0 Å². The molecule has 4 nitrogen and oxygen atoms in total. The molecule has 2 aliphatic rings. The number of amidine groups is 1. The molecule has 1 aromatic heterocycles. The second-order valence-corrected chi connectivity index (χ2v) is 10.6. The van der Waals surface area contributed by atoms with Gasteiger partial charge in [0.05, 0.1) is 21.9 Å². The summed E-state index contributed by atoms with van der Waals surface area (Å²) in [5.74, 6) is 0. The molecule has 2 heterocycles. The average molecular weight is 457 g/mol. The minimum absolute atomic E-state index is 0.441. The van der Waals surface area contributed by atoms with Gasteiger partial charge in [0.1, 0.15) is 0 Å². The summed E-state index contributed by atoms with van der Waals surface area (Å²) in [6.45, 7) is 0.857. The molecule has 0 radical (unpaired) electrons. The molecule has 0 amide bonds. The van der Waals surface area contributed by atoms with Gasteiger partial charge in [-0.1, -0.05) is 71.6 Å². The van der Waals surface area contributed by atoms with E-state index in [0.717, 1.165) is 40.9 Å². The zero-order chi connectivity index (χ0) is 21.5. The van der Waals surface area contributed by atoms with Crippen LogP contribution in [0.4, 0.5) is 10.8 Å². The molecular formula is C26H24N4S2. The summed E-state index contributed by atoms with van der Waals surface area (Å²) >= 11 is 3.63. The number of fused-ring (bicyclic) bond motifs is 4. The number of rotatable bonds is 5. The summed E-state index contributed by atoms with van der Waals surface area (Å²) in [6.07, 6.45) is 2.07. The Morgan fingerprint density at radius 2 is 1.94 bits per heavy atom. The Bertz CT molecular complexity index is 1280. The second kappa shape index (κ2) is 8.26. The van der Waals surface area contributed by atoms with Gasteiger partial charge in [-0.25, -0.2) is 9.98 Å². The summed E-state index contributed by atoms with van der Waals surface area (Å²) in [6, 6.07) is 26.2. The van der Waals surface area contributed by atoms with Crippen LogP contribution in [0.1, 0.15) is 22.7 Å². The van der Waals surface area contributed by atoms with E-state index in [0.29, 0.717) is 11.3 Å². The number of nitrogens with one attached hydrogen (secondary N) is 1. The van der Waals surface area contributed by atoms with Gasteiger partial charge in [0, 0.05) is 18.8 Å². The number of benzene rings is 3. The molecule has 3 aromatic carbocycles. The summed E-state index contributed by atoms with van der Waals surface area (Å²) in [5.41, 5.74) is 6.33. The van der Waals surface area contributed by atoms with Crippen molar-refractivity contribution < 1.29 is 0 Å². The molecule has 1 saturated heterocycles. The van der Waals surface area contributed by atoms with E-state index >= 15 is 0 Å². The third-order valence-corrected chi connectivity index (χ3v) is 8.55. The van der Waals surface area contributed by atoms with Gasteiger partial charge in [0.15, 0.2) is 10.3 Å². The van der Waals surface area contributed by atoms with Gasteiger partial charge in [-0.2, -0.15) is 0 Å². The van der Waals surface area contributed by atoms with Crippen molar-refractivity contribution in [3.05, 3.63) is 89.5 Å². The number of thiazole rings is 1. The average Bonchev–Trinajstić information content (AvgIpc) is 3.46. The topological polar surface area (TPSA) is 40.5 Å². The Kier molecular flexibility index (Phi) is 5.12. The Labute approximate surface area is 196 Å². The summed E-state index contributed by atoms with van der Waals surface area (Å²) < 4.78 is 1.22. The molecule has 160 valence electrons. The minimum Gasteiger partial charge on any atom is -0.361 e. The Hall–Kier alpha value is -2.83. The van der Waals surface area contributed by atoms with Crippen molar-refractivity contribution in [3.8, 4) is 0 Å². The maximum absolute atomic E-state index is 5.03. The van der Waals surface area contributed by atoms with Crippen molar-refractivity contribution in [2.45, 2.75) is 24.1 Å². The van der Waals surface area contributed by atoms with E-state index in [1.165, 1.54) is 21.4 Å². The molecule has 32 heavy (non-hydrogen) atoms. The third-order valence-electron chi connectivity index (χ3n) is 6.24. The molecule has 1 aliphatic carbocycles. The number of aliphatic imine (C=N–C) groups is 1. The van der Waals surface area contributed by atoms with Crippen molar-refractivity contribution in [1.29, 1.82) is 0 Å². The molecular weight excluding hydrogens is 432 g/mol. The summed E-state index contributed by atoms with van der Waals surface area (Å²) in [5, 5.41) is 6.15. The Morgan fingerprint density at radius 3 is 2.88 bits per heavy atom. The van der Waals surface area contributed by atoms with Crippen LogP contribution in [0.3, 0.4) is 0 Å². The number of nitrogens with zero attached hydrogens (tertiary/aromatic N) is 3. The molecule has 1 aliphatic heterocycles. The summed E-state index contributed by atoms with van der Waals surface area (Å²) in [7, 11) is 2.18. The molecule has 0 bridgehead atoms. The van der Waals surface area contributed by atoms with Crippen molar-refractivity contribution >= 4 is 49.3 Å². The fraction of sp³-hybridized carbons (Fsp3) is 0.231. The molecule has 0 saturated carbocycles. The zero-order valence-corrected chi connectivity index (χ0v) is 19.5. The van der Waals surface area contributed by atoms with Gasteiger partial charge >= 0.3 is 0 Å². The van der Waals surface area contributed by atoms with Crippen molar-refractivity contribution in [2.24, 2.45) is 4.99 Å². The smallest absolute Gasteiger partial charge is 0.183 e. The van der Waals surface area contributed by atoms with Crippen LogP contribution in [-0.2, 0) is 12.8 Å². The van der Waals surface area contributed by atoms with Crippen LogP contribution in [0, 0.1) is 0 Å². The predicted octanol–water partition coefficient (Wildman–Crippen LogP) is 6.28. The number of para-hydroxylation sites is 1. The van der Waals surface area contributed by atoms with Crippen LogP contribution in [0.25, 0.3) is 10.2 Å². The molecule has 2 atom stereocenters. The van der Waals surface area contributed by atoms with Crippen LogP contribution in [-0.4, -0.2) is 33.9 Å². The van der Waals surface area contributed by atoms with Crippen molar-refractivity contribution in [3.63, 3.8) is 0 Å². The standard InChI is InChI=1S/C26H24N4S2/c1-30-24-20-10-3-2-8-18(20)16-23(24)32-26(30)28-19-9-6-7-17(15-19)13-14-27-25-29-21-11-4-5-12-22(21)31-25/h2-12,15,23-24H,13-14,16H2,1H3,(H,27,29)/t23?,24-/m0/s1. The normalized spacial score (nSPS) is 20.7. The van der Waals surface area contributed by atoms with E-state index in [4.69, 9.17) is 4.99 Å². The number of aromatic nitrogens is 1. The Balaban J connectivity index is 1.13. The van der Waals surface area contributed by atoms with Crippen molar-refractivity contribution in [1.82, 2.24) is 9.88 Å². The number of anilines is 1. The van der Waals surface area contributed by atoms with Gasteiger partial charge in [-0.15, -0.1) is 0 Å². The molecule has 1 N–H and O–H groups in total. The highest BCUT2D eigenvalue weighted by molar-refractivity contribution is 8.14. The first-order valence-electron chi connectivity index (χ1n) is 11.0. The van der Waals surface area contributed by atoms with E-state index < -0.39 is 0 Å². The van der Waals surface area contributed by atoms with E-state index in [1.807, 2.05) is 17.8 Å². The predicted molar refractivity (Wildman–Crippen MR) is 137 cm³/mol. The quantitative estimate of drug-likeness (QED) is 0.383. The van der Waals surface area contributed by atoms with Crippen LogP contribution < -0.4 is 5.32 Å². The lowest BCUT2D eigenvalue weighted by Crippen LogP contribution is -2.23. The maximum Gasteiger partial charge on any atom is 0.183 e.